The third kappa shape index (κ3) is 1.71. The quantitative estimate of drug-likeness (QED) is 0.731. The first kappa shape index (κ1) is 10.2. The van der Waals surface area contributed by atoms with Gasteiger partial charge < -0.3 is 4.74 Å². The molecule has 3 heteroatoms. The fraction of sp³-hybridized carbons (Fsp3) is 0.462. The molecule has 0 unspecified atom stereocenters. The minimum atomic E-state index is 0.0922. The van der Waals surface area contributed by atoms with E-state index in [9.17, 15) is 0 Å². The summed E-state index contributed by atoms with van der Waals surface area (Å²) in [6.07, 6.45) is 4.90. The molecular weight excluding hydrogens is 222 g/mol. The van der Waals surface area contributed by atoms with Gasteiger partial charge >= 0.3 is 0 Å². The summed E-state index contributed by atoms with van der Waals surface area (Å²) in [5.41, 5.74) is 1.13. The molecule has 0 N–H and O–H groups in total. The van der Waals surface area contributed by atoms with E-state index in [1.54, 1.807) is 0 Å². The normalized spacial score (nSPS) is 22.2. The highest BCUT2D eigenvalue weighted by atomic mass is 35.5. The molecule has 3 rings (SSSR count). The lowest BCUT2D eigenvalue weighted by atomic mass is 10.0. The van der Waals surface area contributed by atoms with E-state index in [0.29, 0.717) is 0 Å². The summed E-state index contributed by atoms with van der Waals surface area (Å²) >= 11 is 5.86. The van der Waals surface area contributed by atoms with E-state index in [1.807, 2.05) is 24.3 Å². The summed E-state index contributed by atoms with van der Waals surface area (Å²) in [5, 5.41) is 0.748. The number of aliphatic imine (C=N–C) groups is 1. The molecule has 1 saturated carbocycles. The second kappa shape index (κ2) is 3.77. The largest absolute Gasteiger partial charge is 0.475 e. The van der Waals surface area contributed by atoms with Crippen molar-refractivity contribution in [3.63, 3.8) is 0 Å². The zero-order valence-electron chi connectivity index (χ0n) is 9.08. The maximum absolute atomic E-state index is 5.86. The number of halogens is 1. The van der Waals surface area contributed by atoms with Gasteiger partial charge in [0.15, 0.2) is 0 Å². The molecule has 2 aliphatic rings. The van der Waals surface area contributed by atoms with Crippen molar-refractivity contribution < 1.29 is 4.74 Å². The first-order valence-electron chi connectivity index (χ1n) is 5.76. The average Bonchev–Trinajstić information content (AvgIpc) is 2.91. The van der Waals surface area contributed by atoms with Gasteiger partial charge in [0.1, 0.15) is 6.61 Å². The van der Waals surface area contributed by atoms with Gasteiger partial charge in [0, 0.05) is 10.6 Å². The molecule has 1 aromatic carbocycles. The summed E-state index contributed by atoms with van der Waals surface area (Å²) in [7, 11) is 0. The molecule has 0 atom stereocenters. The van der Waals surface area contributed by atoms with Crippen molar-refractivity contribution in [1.29, 1.82) is 0 Å². The van der Waals surface area contributed by atoms with Crippen molar-refractivity contribution in [1.82, 2.24) is 0 Å². The van der Waals surface area contributed by atoms with Gasteiger partial charge in [0.05, 0.1) is 5.54 Å². The summed E-state index contributed by atoms with van der Waals surface area (Å²) in [6, 6.07) is 7.69. The molecule has 1 fully saturated rings. The van der Waals surface area contributed by atoms with Gasteiger partial charge in [0.2, 0.25) is 5.90 Å². The third-order valence-electron chi connectivity index (χ3n) is 3.44. The minimum Gasteiger partial charge on any atom is -0.475 e. The zero-order chi connectivity index (χ0) is 11.0. The van der Waals surface area contributed by atoms with Crippen molar-refractivity contribution in [2.75, 3.05) is 6.61 Å². The average molecular weight is 236 g/mol. The Labute approximate surface area is 100 Å². The molecule has 1 aliphatic carbocycles. The van der Waals surface area contributed by atoms with Gasteiger partial charge in [-0.2, -0.15) is 0 Å². The molecule has 2 nitrogen and oxygen atoms in total. The minimum absolute atomic E-state index is 0.0922. The smallest absolute Gasteiger partial charge is 0.216 e. The number of benzene rings is 1. The summed E-state index contributed by atoms with van der Waals surface area (Å²) in [6.45, 7) is 0.755. The maximum atomic E-state index is 5.86. The Morgan fingerprint density at radius 1 is 1.12 bits per heavy atom. The van der Waals surface area contributed by atoms with Crippen LogP contribution in [0, 0.1) is 0 Å². The number of hydrogen-bond acceptors (Lipinski definition) is 2. The molecule has 1 aliphatic heterocycles. The fourth-order valence-electron chi connectivity index (χ4n) is 2.51. The van der Waals surface area contributed by atoms with Crippen LogP contribution in [-0.4, -0.2) is 18.0 Å². The van der Waals surface area contributed by atoms with E-state index in [4.69, 9.17) is 21.3 Å². The molecule has 16 heavy (non-hydrogen) atoms. The molecule has 0 aromatic heterocycles. The summed E-state index contributed by atoms with van der Waals surface area (Å²) in [5.74, 6) is 0.790. The Morgan fingerprint density at radius 2 is 1.81 bits per heavy atom. The molecule has 1 spiro atoms. The Bertz CT molecular complexity index is 418. The van der Waals surface area contributed by atoms with Gasteiger partial charge in [-0.05, 0) is 37.1 Å². The van der Waals surface area contributed by atoms with Gasteiger partial charge in [-0.3, -0.25) is 0 Å². The molecule has 0 amide bonds. The van der Waals surface area contributed by atoms with Crippen molar-refractivity contribution >= 4 is 17.5 Å². The van der Waals surface area contributed by atoms with Crippen LogP contribution in [0.25, 0.3) is 0 Å². The molecule has 0 saturated heterocycles. The SMILES string of the molecule is Clc1ccc(C2=NC3(CCCC3)CO2)cc1. The van der Waals surface area contributed by atoms with Gasteiger partial charge in [-0.25, -0.2) is 4.99 Å². The number of hydrogen-bond donors (Lipinski definition) is 0. The Morgan fingerprint density at radius 3 is 2.50 bits per heavy atom. The van der Waals surface area contributed by atoms with E-state index < -0.39 is 0 Å². The van der Waals surface area contributed by atoms with Crippen LogP contribution in [0.4, 0.5) is 0 Å². The monoisotopic (exact) mass is 235 g/mol. The summed E-state index contributed by atoms with van der Waals surface area (Å²) in [4.78, 5) is 4.77. The second-order valence-electron chi connectivity index (χ2n) is 4.64. The van der Waals surface area contributed by atoms with E-state index in [-0.39, 0.29) is 5.54 Å². The highest BCUT2D eigenvalue weighted by Gasteiger charge is 2.39. The number of nitrogens with zero attached hydrogens (tertiary/aromatic N) is 1. The lowest BCUT2D eigenvalue weighted by Crippen LogP contribution is -2.22. The van der Waals surface area contributed by atoms with Crippen LogP contribution < -0.4 is 0 Å². The number of ether oxygens (including phenoxy) is 1. The molecule has 1 aromatic rings. The van der Waals surface area contributed by atoms with E-state index in [2.05, 4.69) is 0 Å². The van der Waals surface area contributed by atoms with Crippen LogP contribution in [0.2, 0.25) is 5.02 Å². The maximum Gasteiger partial charge on any atom is 0.216 e. The first-order valence-corrected chi connectivity index (χ1v) is 6.14. The third-order valence-corrected chi connectivity index (χ3v) is 3.69. The fourth-order valence-corrected chi connectivity index (χ4v) is 2.64. The highest BCUT2D eigenvalue weighted by molar-refractivity contribution is 6.30. The number of rotatable bonds is 1. The van der Waals surface area contributed by atoms with Crippen LogP contribution in [-0.2, 0) is 4.74 Å². The van der Waals surface area contributed by atoms with E-state index >= 15 is 0 Å². The van der Waals surface area contributed by atoms with Crippen molar-refractivity contribution in [3.05, 3.63) is 34.9 Å². The van der Waals surface area contributed by atoms with Crippen LogP contribution in [0.15, 0.2) is 29.3 Å². The van der Waals surface area contributed by atoms with Gasteiger partial charge in [-0.15, -0.1) is 0 Å². The Balaban J connectivity index is 1.88. The zero-order valence-corrected chi connectivity index (χ0v) is 9.83. The Kier molecular flexibility index (Phi) is 2.40. The molecule has 1 heterocycles. The molecular formula is C13H14ClNO. The van der Waals surface area contributed by atoms with E-state index in [0.717, 1.165) is 23.1 Å². The lowest BCUT2D eigenvalue weighted by Gasteiger charge is -2.14. The predicted octanol–water partition coefficient (Wildman–Crippen LogP) is 3.43. The first-order chi connectivity index (χ1) is 7.77. The molecule has 0 bridgehead atoms. The van der Waals surface area contributed by atoms with Gasteiger partial charge in [-0.1, -0.05) is 24.4 Å². The van der Waals surface area contributed by atoms with Crippen LogP contribution in [0.3, 0.4) is 0 Å². The van der Waals surface area contributed by atoms with Crippen LogP contribution in [0.1, 0.15) is 31.2 Å². The molecule has 0 radical (unpaired) electrons. The highest BCUT2D eigenvalue weighted by Crippen LogP contribution is 2.37. The van der Waals surface area contributed by atoms with E-state index in [1.165, 1.54) is 25.7 Å². The standard InChI is InChI=1S/C13H14ClNO/c14-11-5-3-10(4-6-11)12-15-13(9-16-12)7-1-2-8-13/h3-6H,1-2,7-9H2. The van der Waals surface area contributed by atoms with Crippen LogP contribution in [0.5, 0.6) is 0 Å². The topological polar surface area (TPSA) is 21.6 Å². The van der Waals surface area contributed by atoms with Crippen molar-refractivity contribution in [2.45, 2.75) is 31.2 Å². The van der Waals surface area contributed by atoms with Gasteiger partial charge in [0.25, 0.3) is 0 Å². The summed E-state index contributed by atoms with van der Waals surface area (Å²) < 4.78 is 5.72. The van der Waals surface area contributed by atoms with Crippen molar-refractivity contribution in [3.8, 4) is 0 Å². The van der Waals surface area contributed by atoms with Crippen molar-refractivity contribution in [2.24, 2.45) is 4.99 Å². The predicted molar refractivity (Wildman–Crippen MR) is 65.1 cm³/mol. The molecule has 84 valence electrons. The lowest BCUT2D eigenvalue weighted by molar-refractivity contribution is 0.258. The van der Waals surface area contributed by atoms with Crippen LogP contribution >= 0.6 is 11.6 Å². The Hall–Kier alpha value is -1.02. The second-order valence-corrected chi connectivity index (χ2v) is 5.08.